The highest BCUT2D eigenvalue weighted by atomic mass is 79.9. The lowest BCUT2D eigenvalue weighted by Gasteiger charge is -2.05. The fraction of sp³-hybridized carbons (Fsp3) is 0.667. The largest absolute Gasteiger partial charge is 0.496 e. The van der Waals surface area contributed by atoms with Crippen molar-refractivity contribution in [2.24, 2.45) is 5.10 Å². The minimum atomic E-state index is -0.0294. The molecule has 1 N–H and O–H groups in total. The molecule has 0 atom stereocenters. The third-order valence-corrected chi connectivity index (χ3v) is 5.59. The lowest BCUT2D eigenvalue weighted by atomic mass is 10.0. The number of amides is 1. The number of methoxy groups -OCH3 is 1. The summed E-state index contributed by atoms with van der Waals surface area (Å²) in [5.41, 5.74) is 3.43. The Hall–Kier alpha value is -1.36. The molecule has 0 aliphatic rings. The van der Waals surface area contributed by atoms with Gasteiger partial charge in [-0.05, 0) is 24.6 Å². The molecular weight excluding hydrogens is 428 g/mol. The van der Waals surface area contributed by atoms with E-state index in [1.807, 2.05) is 18.2 Å². The summed E-state index contributed by atoms with van der Waals surface area (Å²) in [6, 6.07) is 5.67. The lowest BCUT2D eigenvalue weighted by Crippen LogP contribution is -2.17. The topological polar surface area (TPSA) is 50.7 Å². The molecule has 0 unspecified atom stereocenters. The van der Waals surface area contributed by atoms with Gasteiger partial charge in [0.05, 0.1) is 13.3 Å². The zero-order valence-electron chi connectivity index (χ0n) is 18.4. The molecule has 4 nitrogen and oxygen atoms in total. The molecule has 0 heterocycles. The van der Waals surface area contributed by atoms with Crippen LogP contribution < -0.4 is 10.2 Å². The number of hydrazone groups is 1. The number of benzene rings is 1. The molecule has 5 heteroatoms. The van der Waals surface area contributed by atoms with Gasteiger partial charge in [-0.3, -0.25) is 4.79 Å². The minimum Gasteiger partial charge on any atom is -0.496 e. The van der Waals surface area contributed by atoms with Gasteiger partial charge in [0.2, 0.25) is 5.91 Å². The predicted octanol–water partition coefficient (Wildman–Crippen LogP) is 7.39. The van der Waals surface area contributed by atoms with Gasteiger partial charge >= 0.3 is 0 Å². The van der Waals surface area contributed by atoms with Gasteiger partial charge in [0.15, 0.2) is 0 Å². The molecule has 1 aromatic rings. The molecule has 0 radical (unpaired) electrons. The van der Waals surface area contributed by atoms with Crippen molar-refractivity contribution in [2.75, 3.05) is 7.11 Å². The van der Waals surface area contributed by atoms with E-state index in [-0.39, 0.29) is 5.91 Å². The second-order valence-corrected chi connectivity index (χ2v) is 8.59. The van der Waals surface area contributed by atoms with Crippen molar-refractivity contribution in [3.8, 4) is 5.75 Å². The summed E-state index contributed by atoms with van der Waals surface area (Å²) in [5, 5.41) is 4.05. The molecule has 0 saturated carbocycles. The molecule has 0 aromatic heterocycles. The molecule has 1 rings (SSSR count). The van der Waals surface area contributed by atoms with E-state index in [1.165, 1.54) is 70.6 Å². The molecule has 0 aliphatic carbocycles. The van der Waals surface area contributed by atoms with Crippen molar-refractivity contribution in [3.63, 3.8) is 0 Å². The van der Waals surface area contributed by atoms with Crippen molar-refractivity contribution in [1.29, 1.82) is 0 Å². The number of nitrogens with one attached hydrogen (secondary N) is 1. The summed E-state index contributed by atoms with van der Waals surface area (Å²) in [4.78, 5) is 11.9. The average molecular weight is 467 g/mol. The van der Waals surface area contributed by atoms with Gasteiger partial charge in [0.1, 0.15) is 5.75 Å². The summed E-state index contributed by atoms with van der Waals surface area (Å²) in [6.45, 7) is 2.27. The van der Waals surface area contributed by atoms with Crippen molar-refractivity contribution in [3.05, 3.63) is 28.2 Å². The highest BCUT2D eigenvalue weighted by molar-refractivity contribution is 9.10. The van der Waals surface area contributed by atoms with Crippen LogP contribution in [0.5, 0.6) is 5.75 Å². The van der Waals surface area contributed by atoms with Gasteiger partial charge in [-0.2, -0.15) is 5.10 Å². The molecule has 0 spiro atoms. The van der Waals surface area contributed by atoms with E-state index in [0.717, 1.165) is 28.6 Å². The lowest BCUT2D eigenvalue weighted by molar-refractivity contribution is -0.121. The van der Waals surface area contributed by atoms with E-state index in [4.69, 9.17) is 4.74 Å². The van der Waals surface area contributed by atoms with Gasteiger partial charge in [-0.1, -0.05) is 99.9 Å². The van der Waals surface area contributed by atoms with Crippen LogP contribution in [-0.2, 0) is 4.79 Å². The van der Waals surface area contributed by atoms with Crippen LogP contribution in [0.1, 0.15) is 102 Å². The maximum atomic E-state index is 11.9. The number of nitrogens with zero attached hydrogens (tertiary/aromatic N) is 1. The molecule has 29 heavy (non-hydrogen) atoms. The van der Waals surface area contributed by atoms with Gasteiger partial charge in [0.25, 0.3) is 0 Å². The highest BCUT2D eigenvalue weighted by Gasteiger charge is 2.02. The first-order valence-corrected chi connectivity index (χ1v) is 12.1. The molecule has 0 saturated heterocycles. The summed E-state index contributed by atoms with van der Waals surface area (Å²) < 4.78 is 6.23. The van der Waals surface area contributed by atoms with Crippen LogP contribution in [0.25, 0.3) is 0 Å². The van der Waals surface area contributed by atoms with Crippen LogP contribution in [0.15, 0.2) is 27.8 Å². The van der Waals surface area contributed by atoms with Gasteiger partial charge in [-0.15, -0.1) is 0 Å². The molecule has 1 amide bonds. The summed E-state index contributed by atoms with van der Waals surface area (Å²) >= 11 is 3.43. The van der Waals surface area contributed by atoms with E-state index in [1.54, 1.807) is 13.3 Å². The van der Waals surface area contributed by atoms with Crippen LogP contribution in [0, 0.1) is 0 Å². The second kappa shape index (κ2) is 17.5. The second-order valence-electron chi connectivity index (χ2n) is 7.67. The van der Waals surface area contributed by atoms with E-state index in [9.17, 15) is 4.79 Å². The first-order chi connectivity index (χ1) is 14.2. The van der Waals surface area contributed by atoms with Crippen molar-refractivity contribution < 1.29 is 9.53 Å². The minimum absolute atomic E-state index is 0.0294. The number of halogens is 1. The fourth-order valence-electron chi connectivity index (χ4n) is 3.34. The molecule has 164 valence electrons. The van der Waals surface area contributed by atoms with E-state index in [2.05, 4.69) is 33.4 Å². The quantitative estimate of drug-likeness (QED) is 0.148. The average Bonchev–Trinajstić information content (AvgIpc) is 2.71. The van der Waals surface area contributed by atoms with Crippen LogP contribution in [0.3, 0.4) is 0 Å². The van der Waals surface area contributed by atoms with Crippen LogP contribution in [0.4, 0.5) is 0 Å². The number of carbonyl (C=O) groups excluding carboxylic acids is 1. The van der Waals surface area contributed by atoms with Crippen molar-refractivity contribution in [1.82, 2.24) is 5.43 Å². The Morgan fingerprint density at radius 1 is 0.966 bits per heavy atom. The molecular formula is C24H39BrN2O2. The monoisotopic (exact) mass is 466 g/mol. The first kappa shape index (κ1) is 25.7. The molecule has 1 aromatic carbocycles. The SMILES string of the molecule is CCCCCCCCCCCCCCCC(=O)N/N=C\c1cc(Br)ccc1OC. The molecule has 0 aliphatic heterocycles. The summed E-state index contributed by atoms with van der Waals surface area (Å²) in [5.74, 6) is 0.695. The Balaban J connectivity index is 1.99. The molecule has 0 bridgehead atoms. The third kappa shape index (κ3) is 13.5. The normalized spacial score (nSPS) is 11.1. The Morgan fingerprint density at radius 3 is 2.07 bits per heavy atom. The number of hydrogen-bond acceptors (Lipinski definition) is 3. The first-order valence-electron chi connectivity index (χ1n) is 11.3. The summed E-state index contributed by atoms with van der Waals surface area (Å²) in [6.07, 6.45) is 19.1. The number of carbonyl (C=O) groups is 1. The highest BCUT2D eigenvalue weighted by Crippen LogP contribution is 2.21. The standard InChI is InChI=1S/C24H39BrN2O2/c1-3-4-5-6-7-8-9-10-11-12-13-14-15-16-24(28)27-26-20-21-19-22(25)17-18-23(21)29-2/h17-20H,3-16H2,1-2H3,(H,27,28)/b26-20-. The number of unbranched alkanes of at least 4 members (excludes halogenated alkanes) is 12. The van der Waals surface area contributed by atoms with Crippen molar-refractivity contribution >= 4 is 28.1 Å². The molecule has 0 fully saturated rings. The number of hydrogen-bond donors (Lipinski definition) is 1. The van der Waals surface area contributed by atoms with Gasteiger partial charge < -0.3 is 4.74 Å². The van der Waals surface area contributed by atoms with Gasteiger partial charge in [-0.25, -0.2) is 5.43 Å². The van der Waals surface area contributed by atoms with E-state index < -0.39 is 0 Å². The Morgan fingerprint density at radius 2 is 1.52 bits per heavy atom. The Bertz CT molecular complexity index is 590. The third-order valence-electron chi connectivity index (χ3n) is 5.09. The van der Waals surface area contributed by atoms with Crippen LogP contribution >= 0.6 is 15.9 Å². The maximum Gasteiger partial charge on any atom is 0.240 e. The Labute approximate surface area is 186 Å². The van der Waals surface area contributed by atoms with Crippen LogP contribution in [0.2, 0.25) is 0 Å². The number of ether oxygens (including phenoxy) is 1. The number of rotatable bonds is 17. The van der Waals surface area contributed by atoms with Gasteiger partial charge in [0, 0.05) is 16.5 Å². The summed E-state index contributed by atoms with van der Waals surface area (Å²) in [7, 11) is 1.62. The van der Waals surface area contributed by atoms with Crippen LogP contribution in [-0.4, -0.2) is 19.2 Å². The Kier molecular flexibility index (Phi) is 15.5. The predicted molar refractivity (Wildman–Crippen MR) is 127 cm³/mol. The van der Waals surface area contributed by atoms with E-state index in [0.29, 0.717) is 6.42 Å². The zero-order chi connectivity index (χ0) is 21.2. The fourth-order valence-corrected chi connectivity index (χ4v) is 3.72. The van der Waals surface area contributed by atoms with Crippen molar-refractivity contribution in [2.45, 2.75) is 96.8 Å². The zero-order valence-corrected chi connectivity index (χ0v) is 19.9. The van der Waals surface area contributed by atoms with E-state index >= 15 is 0 Å². The smallest absolute Gasteiger partial charge is 0.240 e. The maximum absolute atomic E-state index is 11.9.